The molecule has 1 aromatic carbocycles. The Bertz CT molecular complexity index is 570. The average molecular weight is 210 g/mol. The van der Waals surface area contributed by atoms with Gasteiger partial charge in [-0.1, -0.05) is 12.1 Å². The van der Waals surface area contributed by atoms with Gasteiger partial charge in [-0.05, 0) is 30.7 Å². The van der Waals surface area contributed by atoms with Crippen LogP contribution in [-0.4, -0.2) is 10.1 Å². The minimum absolute atomic E-state index is 0.128. The maximum Gasteiger partial charge on any atom is 0.134 e. The molecule has 0 bridgehead atoms. The first kappa shape index (κ1) is 10.2. The van der Waals surface area contributed by atoms with E-state index in [0.29, 0.717) is 5.56 Å². The van der Waals surface area contributed by atoms with E-state index in [4.69, 9.17) is 5.26 Å². The fourth-order valence-electron chi connectivity index (χ4n) is 1.57. The molecule has 3 nitrogen and oxygen atoms in total. The summed E-state index contributed by atoms with van der Waals surface area (Å²) >= 11 is 0. The van der Waals surface area contributed by atoms with Crippen molar-refractivity contribution in [2.45, 2.75) is 6.92 Å². The van der Waals surface area contributed by atoms with E-state index in [1.165, 1.54) is 6.20 Å². The normalized spacial score (nSPS) is 9.75. The summed E-state index contributed by atoms with van der Waals surface area (Å²) in [6.07, 6.45) is 1.41. The second kappa shape index (κ2) is 4.03. The first-order valence-corrected chi connectivity index (χ1v) is 4.87. The van der Waals surface area contributed by atoms with Gasteiger partial charge in [0.15, 0.2) is 0 Å². The molecule has 0 spiro atoms. The third kappa shape index (κ3) is 1.86. The number of aryl methyl sites for hydroxylation is 1. The molecule has 0 unspecified atom stereocenters. The molecule has 0 saturated heterocycles. The molecule has 1 heterocycles. The highest BCUT2D eigenvalue weighted by atomic mass is 16.3. The molecule has 0 saturated carbocycles. The van der Waals surface area contributed by atoms with Gasteiger partial charge < -0.3 is 5.11 Å². The zero-order valence-corrected chi connectivity index (χ0v) is 8.81. The number of hydrogen-bond acceptors (Lipinski definition) is 3. The van der Waals surface area contributed by atoms with E-state index in [0.717, 1.165) is 16.8 Å². The van der Waals surface area contributed by atoms with Crippen LogP contribution in [0.15, 0.2) is 36.5 Å². The monoisotopic (exact) mass is 210 g/mol. The molecule has 0 amide bonds. The lowest BCUT2D eigenvalue weighted by Gasteiger charge is -2.05. The Labute approximate surface area is 93.6 Å². The van der Waals surface area contributed by atoms with Crippen LogP contribution < -0.4 is 0 Å². The maximum atomic E-state index is 9.40. The van der Waals surface area contributed by atoms with Gasteiger partial charge in [-0.3, -0.25) is 4.98 Å². The van der Waals surface area contributed by atoms with Crippen LogP contribution in [0, 0.1) is 18.3 Å². The van der Waals surface area contributed by atoms with E-state index in [1.807, 2.05) is 19.1 Å². The molecular weight excluding hydrogens is 200 g/mol. The molecule has 2 rings (SSSR count). The molecule has 0 radical (unpaired) electrons. The van der Waals surface area contributed by atoms with E-state index in [-0.39, 0.29) is 5.75 Å². The largest absolute Gasteiger partial charge is 0.506 e. The standard InChI is InChI=1S/C13H10N2O/c1-9-13(6-12(16)8-15-9)11-4-2-3-10(5-11)7-14/h2-6,8,16H,1H3. The molecular formula is C13H10N2O. The van der Waals surface area contributed by atoms with E-state index in [2.05, 4.69) is 11.1 Å². The lowest BCUT2D eigenvalue weighted by molar-refractivity contribution is 0.472. The van der Waals surface area contributed by atoms with E-state index in [9.17, 15) is 5.11 Å². The van der Waals surface area contributed by atoms with Crippen LogP contribution in [0.5, 0.6) is 5.75 Å². The maximum absolute atomic E-state index is 9.40. The van der Waals surface area contributed by atoms with Gasteiger partial charge in [-0.2, -0.15) is 5.26 Å². The Kier molecular flexibility index (Phi) is 2.57. The number of nitriles is 1. The van der Waals surface area contributed by atoms with Crippen LogP contribution in [0.4, 0.5) is 0 Å². The van der Waals surface area contributed by atoms with Crippen LogP contribution in [0.1, 0.15) is 11.3 Å². The quantitative estimate of drug-likeness (QED) is 0.787. The molecule has 16 heavy (non-hydrogen) atoms. The second-order valence-electron chi connectivity index (χ2n) is 3.52. The highest BCUT2D eigenvalue weighted by Crippen LogP contribution is 2.25. The SMILES string of the molecule is Cc1ncc(O)cc1-c1cccc(C#N)c1. The third-order valence-electron chi connectivity index (χ3n) is 2.38. The summed E-state index contributed by atoms with van der Waals surface area (Å²) in [5.41, 5.74) is 3.16. The molecule has 0 aliphatic rings. The van der Waals surface area contributed by atoms with Crippen molar-refractivity contribution >= 4 is 0 Å². The second-order valence-corrected chi connectivity index (χ2v) is 3.52. The van der Waals surface area contributed by atoms with Crippen molar-refractivity contribution in [3.05, 3.63) is 47.8 Å². The smallest absolute Gasteiger partial charge is 0.134 e. The number of aromatic hydroxyl groups is 1. The van der Waals surface area contributed by atoms with Crippen molar-refractivity contribution in [3.63, 3.8) is 0 Å². The molecule has 0 aliphatic heterocycles. The van der Waals surface area contributed by atoms with Gasteiger partial charge in [0.25, 0.3) is 0 Å². The zero-order valence-electron chi connectivity index (χ0n) is 8.81. The predicted octanol–water partition coefficient (Wildman–Crippen LogP) is 2.63. The number of aromatic nitrogens is 1. The molecule has 0 fully saturated rings. The number of rotatable bonds is 1. The molecule has 2 aromatic rings. The molecule has 0 atom stereocenters. The number of benzene rings is 1. The minimum atomic E-state index is 0.128. The average Bonchev–Trinajstić information content (AvgIpc) is 2.32. The van der Waals surface area contributed by atoms with Gasteiger partial charge in [0.1, 0.15) is 5.75 Å². The topological polar surface area (TPSA) is 56.9 Å². The van der Waals surface area contributed by atoms with E-state index in [1.54, 1.807) is 18.2 Å². The highest BCUT2D eigenvalue weighted by Gasteiger charge is 2.04. The zero-order chi connectivity index (χ0) is 11.5. The van der Waals surface area contributed by atoms with Crippen LogP contribution in [0.2, 0.25) is 0 Å². The number of nitrogens with zero attached hydrogens (tertiary/aromatic N) is 2. The molecule has 1 N–H and O–H groups in total. The van der Waals surface area contributed by atoms with Crippen LogP contribution >= 0.6 is 0 Å². The first-order chi connectivity index (χ1) is 7.70. The summed E-state index contributed by atoms with van der Waals surface area (Å²) in [5, 5.41) is 18.2. The Morgan fingerprint density at radius 2 is 2.12 bits per heavy atom. The molecule has 1 aromatic heterocycles. The lowest BCUT2D eigenvalue weighted by atomic mass is 10.0. The molecule has 3 heteroatoms. The van der Waals surface area contributed by atoms with Crippen molar-refractivity contribution in [2.24, 2.45) is 0 Å². The summed E-state index contributed by atoms with van der Waals surface area (Å²) in [6.45, 7) is 1.87. The summed E-state index contributed by atoms with van der Waals surface area (Å²) in [4.78, 5) is 4.08. The van der Waals surface area contributed by atoms with E-state index < -0.39 is 0 Å². The Morgan fingerprint density at radius 1 is 1.31 bits per heavy atom. The van der Waals surface area contributed by atoms with Gasteiger partial charge in [-0.15, -0.1) is 0 Å². The van der Waals surface area contributed by atoms with Crippen LogP contribution in [0.3, 0.4) is 0 Å². The summed E-state index contributed by atoms with van der Waals surface area (Å²) in [6, 6.07) is 11.0. The summed E-state index contributed by atoms with van der Waals surface area (Å²) < 4.78 is 0. The van der Waals surface area contributed by atoms with Crippen molar-refractivity contribution in [1.29, 1.82) is 5.26 Å². The van der Waals surface area contributed by atoms with Crippen molar-refractivity contribution in [2.75, 3.05) is 0 Å². The summed E-state index contributed by atoms with van der Waals surface area (Å²) in [7, 11) is 0. The van der Waals surface area contributed by atoms with Crippen molar-refractivity contribution in [1.82, 2.24) is 4.98 Å². The van der Waals surface area contributed by atoms with Crippen LogP contribution in [-0.2, 0) is 0 Å². The predicted molar refractivity (Wildman–Crippen MR) is 60.8 cm³/mol. The number of hydrogen-bond donors (Lipinski definition) is 1. The van der Waals surface area contributed by atoms with Crippen LogP contribution in [0.25, 0.3) is 11.1 Å². The fourth-order valence-corrected chi connectivity index (χ4v) is 1.57. The van der Waals surface area contributed by atoms with E-state index >= 15 is 0 Å². The number of pyridine rings is 1. The lowest BCUT2D eigenvalue weighted by Crippen LogP contribution is -1.87. The third-order valence-corrected chi connectivity index (χ3v) is 2.38. The Morgan fingerprint density at radius 3 is 2.88 bits per heavy atom. The Hall–Kier alpha value is -2.34. The molecule has 78 valence electrons. The Balaban J connectivity index is 2.58. The van der Waals surface area contributed by atoms with Crippen molar-refractivity contribution in [3.8, 4) is 22.9 Å². The summed E-state index contributed by atoms with van der Waals surface area (Å²) in [5.74, 6) is 0.128. The van der Waals surface area contributed by atoms with Gasteiger partial charge in [0.05, 0.1) is 17.8 Å². The van der Waals surface area contributed by atoms with Gasteiger partial charge in [-0.25, -0.2) is 0 Å². The first-order valence-electron chi connectivity index (χ1n) is 4.87. The van der Waals surface area contributed by atoms with Gasteiger partial charge in [0.2, 0.25) is 0 Å². The highest BCUT2D eigenvalue weighted by molar-refractivity contribution is 5.68. The van der Waals surface area contributed by atoms with Crippen molar-refractivity contribution < 1.29 is 5.11 Å². The minimum Gasteiger partial charge on any atom is -0.506 e. The fraction of sp³-hybridized carbons (Fsp3) is 0.0769. The van der Waals surface area contributed by atoms with Gasteiger partial charge >= 0.3 is 0 Å². The molecule has 0 aliphatic carbocycles. The van der Waals surface area contributed by atoms with Gasteiger partial charge in [0, 0.05) is 11.3 Å².